The lowest BCUT2D eigenvalue weighted by atomic mass is 10.0. The van der Waals surface area contributed by atoms with Gasteiger partial charge in [0.25, 0.3) is 5.91 Å². The smallest absolute Gasteiger partial charge is 0.255 e. The minimum atomic E-state index is -0.677. The standard InChI is InChI=1S/C24H27FN4O4/c1-28(2)10-11-33-16-6-7-19(25)15(12-16)13-26-20-5-3-4-17-18(20)14-29(24(17)32)21-8-9-22(30)27-23(21)31/h3-7,12,21,26H,8-11,13-14H2,1-2H3,(H,27,30,31). The topological polar surface area (TPSA) is 91.0 Å². The minimum Gasteiger partial charge on any atom is -0.492 e. The number of amides is 3. The highest BCUT2D eigenvalue weighted by molar-refractivity contribution is 6.06. The van der Waals surface area contributed by atoms with Gasteiger partial charge in [-0.25, -0.2) is 4.39 Å². The summed E-state index contributed by atoms with van der Waals surface area (Å²) in [4.78, 5) is 40.2. The number of likely N-dealkylation sites (N-methyl/N-ethyl adjacent to an activating group) is 1. The largest absolute Gasteiger partial charge is 0.492 e. The van der Waals surface area contributed by atoms with E-state index >= 15 is 0 Å². The van der Waals surface area contributed by atoms with Crippen LogP contribution in [-0.4, -0.2) is 60.8 Å². The van der Waals surface area contributed by atoms with Crippen molar-refractivity contribution in [2.75, 3.05) is 32.6 Å². The first-order valence-corrected chi connectivity index (χ1v) is 10.9. The molecule has 2 aliphatic rings. The summed E-state index contributed by atoms with van der Waals surface area (Å²) in [5, 5.41) is 5.53. The van der Waals surface area contributed by atoms with Crippen LogP contribution in [0.4, 0.5) is 10.1 Å². The quantitative estimate of drug-likeness (QED) is 0.594. The number of rotatable bonds is 8. The van der Waals surface area contributed by atoms with E-state index < -0.39 is 11.9 Å². The summed E-state index contributed by atoms with van der Waals surface area (Å²) < 4.78 is 20.1. The zero-order valence-corrected chi connectivity index (χ0v) is 18.7. The third-order valence-electron chi connectivity index (χ3n) is 5.88. The maximum absolute atomic E-state index is 14.4. The predicted molar refractivity (Wildman–Crippen MR) is 120 cm³/mol. The van der Waals surface area contributed by atoms with Gasteiger partial charge in [-0.05, 0) is 50.8 Å². The van der Waals surface area contributed by atoms with Gasteiger partial charge in [0, 0.05) is 48.4 Å². The summed E-state index contributed by atoms with van der Waals surface area (Å²) in [5.41, 5.74) is 2.41. The Bertz CT molecular complexity index is 1090. The molecule has 0 bridgehead atoms. The molecule has 2 aromatic carbocycles. The van der Waals surface area contributed by atoms with Gasteiger partial charge in [0.1, 0.15) is 24.2 Å². The van der Waals surface area contributed by atoms with E-state index in [9.17, 15) is 18.8 Å². The Labute approximate surface area is 191 Å². The van der Waals surface area contributed by atoms with Gasteiger partial charge in [0.05, 0.1) is 0 Å². The van der Waals surface area contributed by atoms with Gasteiger partial charge in [-0.1, -0.05) is 6.07 Å². The molecule has 1 unspecified atom stereocenters. The first-order valence-electron chi connectivity index (χ1n) is 10.9. The SMILES string of the molecule is CN(C)CCOc1ccc(F)c(CNc2cccc3c2CN(C2CCC(=O)NC2=O)C3=O)c1. The summed E-state index contributed by atoms with van der Waals surface area (Å²) in [6.07, 6.45) is 0.507. The van der Waals surface area contributed by atoms with Crippen LogP contribution in [0.1, 0.15) is 34.3 Å². The monoisotopic (exact) mass is 454 g/mol. The molecule has 4 rings (SSSR count). The van der Waals surface area contributed by atoms with Crippen molar-refractivity contribution in [2.24, 2.45) is 0 Å². The van der Waals surface area contributed by atoms with E-state index in [2.05, 4.69) is 10.6 Å². The van der Waals surface area contributed by atoms with E-state index in [-0.39, 0.29) is 37.1 Å². The number of fused-ring (bicyclic) bond motifs is 1. The summed E-state index contributed by atoms with van der Waals surface area (Å²) in [6.45, 7) is 1.70. The number of ether oxygens (including phenoxy) is 1. The first-order chi connectivity index (χ1) is 15.8. The van der Waals surface area contributed by atoms with Crippen LogP contribution in [0.5, 0.6) is 5.75 Å². The molecule has 1 saturated heterocycles. The van der Waals surface area contributed by atoms with Gasteiger partial charge in [-0.15, -0.1) is 0 Å². The molecular weight excluding hydrogens is 427 g/mol. The zero-order chi connectivity index (χ0) is 23.5. The van der Waals surface area contributed by atoms with Crippen molar-refractivity contribution in [1.82, 2.24) is 15.1 Å². The Morgan fingerprint density at radius 3 is 2.79 bits per heavy atom. The fourth-order valence-electron chi connectivity index (χ4n) is 4.06. The lowest BCUT2D eigenvalue weighted by Crippen LogP contribution is -2.52. The Morgan fingerprint density at radius 2 is 2.03 bits per heavy atom. The summed E-state index contributed by atoms with van der Waals surface area (Å²) in [7, 11) is 3.90. The Hall–Kier alpha value is -3.46. The molecule has 2 heterocycles. The fourth-order valence-corrected chi connectivity index (χ4v) is 4.06. The zero-order valence-electron chi connectivity index (χ0n) is 18.7. The number of hydrogen-bond donors (Lipinski definition) is 2. The Balaban J connectivity index is 1.46. The second kappa shape index (κ2) is 9.58. The molecule has 2 aliphatic heterocycles. The van der Waals surface area contributed by atoms with Crippen molar-refractivity contribution < 1.29 is 23.5 Å². The van der Waals surface area contributed by atoms with Crippen LogP contribution in [0, 0.1) is 5.82 Å². The van der Waals surface area contributed by atoms with Crippen LogP contribution in [0.2, 0.25) is 0 Å². The molecule has 1 atom stereocenters. The molecule has 3 amide bonds. The van der Waals surface area contributed by atoms with Crippen molar-refractivity contribution in [2.45, 2.75) is 32.0 Å². The number of hydrogen-bond acceptors (Lipinski definition) is 6. The highest BCUT2D eigenvalue weighted by atomic mass is 19.1. The lowest BCUT2D eigenvalue weighted by molar-refractivity contribution is -0.136. The van der Waals surface area contributed by atoms with Gasteiger partial charge >= 0.3 is 0 Å². The molecule has 2 aromatic rings. The number of imide groups is 1. The molecule has 0 radical (unpaired) electrons. The second-order valence-corrected chi connectivity index (χ2v) is 8.49. The molecule has 0 aromatic heterocycles. The number of benzene rings is 2. The van der Waals surface area contributed by atoms with Crippen molar-refractivity contribution in [3.8, 4) is 5.75 Å². The van der Waals surface area contributed by atoms with E-state index in [0.29, 0.717) is 35.6 Å². The van der Waals surface area contributed by atoms with E-state index in [4.69, 9.17) is 4.74 Å². The van der Waals surface area contributed by atoms with Gasteiger partial charge in [-0.2, -0.15) is 0 Å². The number of carbonyl (C=O) groups is 3. The van der Waals surface area contributed by atoms with Crippen LogP contribution in [-0.2, 0) is 22.7 Å². The fraction of sp³-hybridized carbons (Fsp3) is 0.375. The number of anilines is 1. The minimum absolute atomic E-state index is 0.202. The summed E-state index contributed by atoms with van der Waals surface area (Å²) in [6, 6.07) is 9.27. The molecule has 33 heavy (non-hydrogen) atoms. The van der Waals surface area contributed by atoms with E-state index in [0.717, 1.165) is 12.1 Å². The third-order valence-corrected chi connectivity index (χ3v) is 5.88. The van der Waals surface area contributed by atoms with Crippen molar-refractivity contribution in [3.63, 3.8) is 0 Å². The second-order valence-electron chi connectivity index (χ2n) is 8.49. The van der Waals surface area contributed by atoms with Crippen LogP contribution < -0.4 is 15.4 Å². The number of nitrogens with zero attached hydrogens (tertiary/aromatic N) is 2. The number of nitrogens with one attached hydrogen (secondary N) is 2. The van der Waals surface area contributed by atoms with Crippen LogP contribution in [0.3, 0.4) is 0 Å². The number of piperidine rings is 1. The number of carbonyl (C=O) groups excluding carboxylic acids is 3. The lowest BCUT2D eigenvalue weighted by Gasteiger charge is -2.29. The van der Waals surface area contributed by atoms with E-state index in [1.165, 1.54) is 11.0 Å². The van der Waals surface area contributed by atoms with E-state index in [1.807, 2.05) is 25.1 Å². The van der Waals surface area contributed by atoms with E-state index in [1.54, 1.807) is 24.3 Å². The molecule has 0 saturated carbocycles. The average Bonchev–Trinajstić information content (AvgIpc) is 3.11. The summed E-state index contributed by atoms with van der Waals surface area (Å²) in [5.74, 6) is -0.776. The number of halogens is 1. The third kappa shape index (κ3) is 4.98. The maximum Gasteiger partial charge on any atom is 0.255 e. The van der Waals surface area contributed by atoms with Crippen molar-refractivity contribution in [1.29, 1.82) is 0 Å². The van der Waals surface area contributed by atoms with Gasteiger partial charge in [0.2, 0.25) is 11.8 Å². The van der Waals surface area contributed by atoms with Crippen LogP contribution in [0.15, 0.2) is 36.4 Å². The molecule has 0 spiro atoms. The van der Waals surface area contributed by atoms with Crippen LogP contribution >= 0.6 is 0 Å². The predicted octanol–water partition coefficient (Wildman–Crippen LogP) is 2.14. The highest BCUT2D eigenvalue weighted by Gasteiger charge is 2.39. The van der Waals surface area contributed by atoms with Gasteiger partial charge < -0.3 is 19.9 Å². The molecule has 1 fully saturated rings. The summed E-state index contributed by atoms with van der Waals surface area (Å²) >= 11 is 0. The molecular formula is C24H27FN4O4. The Morgan fingerprint density at radius 1 is 1.21 bits per heavy atom. The first kappa shape index (κ1) is 22.7. The molecule has 9 heteroatoms. The normalized spacial score (nSPS) is 17.9. The molecule has 8 nitrogen and oxygen atoms in total. The van der Waals surface area contributed by atoms with Gasteiger partial charge in [0.15, 0.2) is 0 Å². The molecule has 2 N–H and O–H groups in total. The van der Waals surface area contributed by atoms with Crippen molar-refractivity contribution in [3.05, 3.63) is 58.9 Å². The van der Waals surface area contributed by atoms with Gasteiger partial charge in [-0.3, -0.25) is 19.7 Å². The Kier molecular flexibility index (Phi) is 6.60. The van der Waals surface area contributed by atoms with Crippen LogP contribution in [0.25, 0.3) is 0 Å². The molecule has 174 valence electrons. The highest BCUT2D eigenvalue weighted by Crippen LogP contribution is 2.32. The molecule has 0 aliphatic carbocycles. The average molecular weight is 455 g/mol. The van der Waals surface area contributed by atoms with Crippen molar-refractivity contribution >= 4 is 23.4 Å². The maximum atomic E-state index is 14.4.